The Morgan fingerprint density at radius 1 is 1.40 bits per heavy atom. The van der Waals surface area contributed by atoms with Crippen molar-refractivity contribution in [3.63, 3.8) is 0 Å². The standard InChI is InChI=1S/C18H22N4O3/c1-24-17-7-6-14-18(22-17)11(8-9-21-14)2-3-12-4-5-13(19)15(25-12)10-16(20)23/h2-3,6-9,12-13,15H,4-5,10,19H2,1H3,(H2,20,23)/b3-2+. The zero-order valence-electron chi connectivity index (χ0n) is 14.1. The summed E-state index contributed by atoms with van der Waals surface area (Å²) in [6, 6.07) is 5.38. The molecule has 1 aliphatic rings. The molecule has 0 aromatic carbocycles. The van der Waals surface area contributed by atoms with Gasteiger partial charge in [-0.3, -0.25) is 9.78 Å². The highest BCUT2D eigenvalue weighted by Crippen LogP contribution is 2.24. The molecule has 0 spiro atoms. The second-order valence-electron chi connectivity index (χ2n) is 6.11. The molecule has 3 atom stereocenters. The van der Waals surface area contributed by atoms with Gasteiger partial charge < -0.3 is 20.9 Å². The first kappa shape index (κ1) is 17.3. The molecule has 0 saturated carbocycles. The number of nitrogens with zero attached hydrogens (tertiary/aromatic N) is 2. The van der Waals surface area contributed by atoms with E-state index in [1.807, 2.05) is 24.3 Å². The van der Waals surface area contributed by atoms with E-state index in [2.05, 4.69) is 9.97 Å². The van der Waals surface area contributed by atoms with Crippen molar-refractivity contribution in [1.29, 1.82) is 0 Å². The third-order valence-electron chi connectivity index (χ3n) is 4.30. The number of amides is 1. The van der Waals surface area contributed by atoms with Crippen molar-refractivity contribution < 1.29 is 14.3 Å². The molecule has 1 amide bonds. The van der Waals surface area contributed by atoms with E-state index >= 15 is 0 Å². The molecule has 4 N–H and O–H groups in total. The van der Waals surface area contributed by atoms with Crippen LogP contribution in [0.5, 0.6) is 5.88 Å². The number of fused-ring (bicyclic) bond motifs is 1. The zero-order chi connectivity index (χ0) is 17.8. The molecule has 25 heavy (non-hydrogen) atoms. The number of primary amides is 1. The Labute approximate surface area is 146 Å². The van der Waals surface area contributed by atoms with Crippen LogP contribution in [0.25, 0.3) is 17.1 Å². The molecule has 1 aliphatic heterocycles. The van der Waals surface area contributed by atoms with E-state index in [4.69, 9.17) is 20.9 Å². The molecule has 3 unspecified atom stereocenters. The number of hydrogen-bond acceptors (Lipinski definition) is 6. The third-order valence-corrected chi connectivity index (χ3v) is 4.30. The van der Waals surface area contributed by atoms with Gasteiger partial charge in [-0.1, -0.05) is 12.2 Å². The molecule has 0 radical (unpaired) electrons. The van der Waals surface area contributed by atoms with Gasteiger partial charge in [0.1, 0.15) is 0 Å². The Balaban J connectivity index is 1.79. The van der Waals surface area contributed by atoms with E-state index in [0.717, 1.165) is 29.4 Å². The molecule has 7 nitrogen and oxygen atoms in total. The highest BCUT2D eigenvalue weighted by Gasteiger charge is 2.28. The molecule has 7 heteroatoms. The first-order valence-electron chi connectivity index (χ1n) is 8.24. The fraction of sp³-hybridized carbons (Fsp3) is 0.389. The average Bonchev–Trinajstić information content (AvgIpc) is 2.61. The lowest BCUT2D eigenvalue weighted by Crippen LogP contribution is -2.45. The molecule has 3 rings (SSSR count). The van der Waals surface area contributed by atoms with Crippen molar-refractivity contribution >= 4 is 23.0 Å². The summed E-state index contributed by atoms with van der Waals surface area (Å²) in [4.78, 5) is 19.9. The topological polar surface area (TPSA) is 113 Å². The van der Waals surface area contributed by atoms with Gasteiger partial charge in [0.2, 0.25) is 11.8 Å². The van der Waals surface area contributed by atoms with Crippen LogP contribution in [0.15, 0.2) is 30.5 Å². The van der Waals surface area contributed by atoms with E-state index in [1.165, 1.54) is 0 Å². The maximum atomic E-state index is 11.1. The van der Waals surface area contributed by atoms with Gasteiger partial charge in [-0.25, -0.2) is 4.98 Å². The SMILES string of the molecule is COc1ccc2nccc(/C=C/C3CCC(N)C(CC(N)=O)O3)c2n1. The van der Waals surface area contributed by atoms with Crippen molar-refractivity contribution in [2.45, 2.75) is 37.5 Å². The lowest BCUT2D eigenvalue weighted by Gasteiger charge is -2.32. The first-order valence-corrected chi connectivity index (χ1v) is 8.24. The zero-order valence-corrected chi connectivity index (χ0v) is 14.1. The molecular weight excluding hydrogens is 320 g/mol. The number of pyridine rings is 2. The van der Waals surface area contributed by atoms with Gasteiger partial charge in [-0.15, -0.1) is 0 Å². The molecule has 3 heterocycles. The van der Waals surface area contributed by atoms with Crippen molar-refractivity contribution in [1.82, 2.24) is 9.97 Å². The summed E-state index contributed by atoms with van der Waals surface area (Å²) < 4.78 is 11.1. The lowest BCUT2D eigenvalue weighted by atomic mass is 9.96. The second-order valence-corrected chi connectivity index (χ2v) is 6.11. The number of carbonyl (C=O) groups excluding carboxylic acids is 1. The van der Waals surface area contributed by atoms with Gasteiger partial charge in [0.05, 0.1) is 36.8 Å². The van der Waals surface area contributed by atoms with Gasteiger partial charge >= 0.3 is 0 Å². The van der Waals surface area contributed by atoms with Crippen molar-refractivity contribution in [3.8, 4) is 5.88 Å². The highest BCUT2D eigenvalue weighted by atomic mass is 16.5. The minimum absolute atomic E-state index is 0.113. The Morgan fingerprint density at radius 3 is 3.00 bits per heavy atom. The van der Waals surface area contributed by atoms with E-state index in [0.29, 0.717) is 5.88 Å². The van der Waals surface area contributed by atoms with Crippen LogP contribution in [-0.2, 0) is 9.53 Å². The van der Waals surface area contributed by atoms with Crippen LogP contribution in [0.4, 0.5) is 0 Å². The van der Waals surface area contributed by atoms with Gasteiger partial charge in [0.25, 0.3) is 0 Å². The van der Waals surface area contributed by atoms with Crippen molar-refractivity contribution in [2.75, 3.05) is 7.11 Å². The molecule has 2 aromatic rings. The molecule has 0 bridgehead atoms. The van der Waals surface area contributed by atoms with Gasteiger partial charge in [-0.05, 0) is 25.0 Å². The second kappa shape index (κ2) is 7.58. The van der Waals surface area contributed by atoms with Gasteiger partial charge in [0, 0.05) is 23.9 Å². The van der Waals surface area contributed by atoms with Crippen LogP contribution in [0.3, 0.4) is 0 Å². The molecule has 1 saturated heterocycles. The number of rotatable bonds is 5. The summed E-state index contributed by atoms with van der Waals surface area (Å²) in [6.45, 7) is 0. The van der Waals surface area contributed by atoms with E-state index < -0.39 is 5.91 Å². The quantitative estimate of drug-likeness (QED) is 0.849. The maximum Gasteiger partial charge on any atom is 0.220 e. The lowest BCUT2D eigenvalue weighted by molar-refractivity contribution is -0.123. The Bertz CT molecular complexity index is 793. The van der Waals surface area contributed by atoms with Crippen LogP contribution >= 0.6 is 0 Å². The largest absolute Gasteiger partial charge is 0.481 e. The van der Waals surface area contributed by atoms with Crippen LogP contribution in [-0.4, -0.2) is 41.2 Å². The van der Waals surface area contributed by atoms with E-state index in [1.54, 1.807) is 19.4 Å². The summed E-state index contributed by atoms with van der Waals surface area (Å²) in [5.74, 6) is 0.137. The van der Waals surface area contributed by atoms with Gasteiger partial charge in [-0.2, -0.15) is 0 Å². The fourth-order valence-electron chi connectivity index (χ4n) is 2.96. The first-order chi connectivity index (χ1) is 12.1. The predicted molar refractivity (Wildman–Crippen MR) is 94.8 cm³/mol. The van der Waals surface area contributed by atoms with Crippen LogP contribution in [0, 0.1) is 0 Å². The average molecular weight is 342 g/mol. The maximum absolute atomic E-state index is 11.1. The van der Waals surface area contributed by atoms with Crippen LogP contribution in [0.1, 0.15) is 24.8 Å². The summed E-state index contributed by atoms with van der Waals surface area (Å²) in [6.07, 6.45) is 6.94. The highest BCUT2D eigenvalue weighted by molar-refractivity contribution is 5.84. The number of aromatic nitrogens is 2. The van der Waals surface area contributed by atoms with Gasteiger partial charge in [0.15, 0.2) is 0 Å². The minimum Gasteiger partial charge on any atom is -0.481 e. The summed E-state index contributed by atoms with van der Waals surface area (Å²) in [5.41, 5.74) is 13.8. The van der Waals surface area contributed by atoms with Crippen LogP contribution in [0.2, 0.25) is 0 Å². The molecule has 2 aromatic heterocycles. The third kappa shape index (κ3) is 4.12. The monoisotopic (exact) mass is 342 g/mol. The minimum atomic E-state index is -0.401. The Kier molecular flexibility index (Phi) is 5.25. The number of ether oxygens (including phenoxy) is 2. The van der Waals surface area contributed by atoms with Crippen LogP contribution < -0.4 is 16.2 Å². The molecule has 132 valence electrons. The number of hydrogen-bond donors (Lipinski definition) is 2. The number of carbonyl (C=O) groups is 1. The number of nitrogens with two attached hydrogens (primary N) is 2. The predicted octanol–water partition coefficient (Wildman–Crippen LogP) is 1.40. The smallest absolute Gasteiger partial charge is 0.220 e. The summed E-state index contributed by atoms with van der Waals surface area (Å²) in [5, 5.41) is 0. The summed E-state index contributed by atoms with van der Waals surface area (Å²) in [7, 11) is 1.58. The van der Waals surface area contributed by atoms with E-state index in [-0.39, 0.29) is 24.7 Å². The molecular formula is C18H22N4O3. The molecule has 1 fully saturated rings. The van der Waals surface area contributed by atoms with Crippen molar-refractivity contribution in [2.24, 2.45) is 11.5 Å². The Hall–Kier alpha value is -2.51. The molecule has 0 aliphatic carbocycles. The number of methoxy groups -OCH3 is 1. The Morgan fingerprint density at radius 2 is 2.24 bits per heavy atom. The summed E-state index contributed by atoms with van der Waals surface area (Å²) >= 11 is 0. The van der Waals surface area contributed by atoms with Crippen molar-refractivity contribution in [3.05, 3.63) is 36.0 Å². The van der Waals surface area contributed by atoms with E-state index in [9.17, 15) is 4.79 Å². The fourth-order valence-corrected chi connectivity index (χ4v) is 2.96. The normalized spacial score (nSPS) is 23.8.